The van der Waals surface area contributed by atoms with Gasteiger partial charge in [0, 0.05) is 16.8 Å². The van der Waals surface area contributed by atoms with E-state index in [-0.39, 0.29) is 23.9 Å². The molecule has 178 valence electrons. The van der Waals surface area contributed by atoms with E-state index in [2.05, 4.69) is 5.32 Å². The number of rotatable bonds is 7. The van der Waals surface area contributed by atoms with Gasteiger partial charge in [-0.3, -0.25) is 19.3 Å². The van der Waals surface area contributed by atoms with Crippen molar-refractivity contribution in [2.75, 3.05) is 11.9 Å². The predicted molar refractivity (Wildman–Crippen MR) is 134 cm³/mol. The van der Waals surface area contributed by atoms with E-state index in [0.717, 1.165) is 27.8 Å². The van der Waals surface area contributed by atoms with Crippen LogP contribution in [0.2, 0.25) is 0 Å². The van der Waals surface area contributed by atoms with Crippen molar-refractivity contribution < 1.29 is 23.5 Å². The van der Waals surface area contributed by atoms with Crippen molar-refractivity contribution in [1.29, 1.82) is 0 Å². The first-order valence-electron chi connectivity index (χ1n) is 10.9. The Bertz CT molecular complexity index is 1320. The minimum absolute atomic E-state index is 0.0114. The second-order valence-corrected chi connectivity index (χ2v) is 8.99. The number of benzene rings is 3. The number of imide groups is 1. The van der Waals surface area contributed by atoms with Crippen molar-refractivity contribution in [2.45, 2.75) is 20.5 Å². The fraction of sp³-hybridized carbons (Fsp3) is 0.148. The molecule has 3 amide bonds. The third kappa shape index (κ3) is 5.60. The number of para-hydroxylation sites is 2. The van der Waals surface area contributed by atoms with Gasteiger partial charge in [0.15, 0.2) is 0 Å². The highest BCUT2D eigenvalue weighted by atomic mass is 32.2. The van der Waals surface area contributed by atoms with E-state index in [0.29, 0.717) is 22.6 Å². The molecular weight excluding hydrogens is 467 g/mol. The zero-order valence-electron chi connectivity index (χ0n) is 19.2. The lowest BCUT2D eigenvalue weighted by Crippen LogP contribution is -2.36. The number of halogens is 1. The van der Waals surface area contributed by atoms with Crippen molar-refractivity contribution >= 4 is 40.6 Å². The van der Waals surface area contributed by atoms with Crippen LogP contribution in [-0.4, -0.2) is 28.5 Å². The molecule has 1 fully saturated rings. The molecule has 0 unspecified atom stereocenters. The average Bonchev–Trinajstić information content (AvgIpc) is 3.09. The van der Waals surface area contributed by atoms with Crippen LogP contribution in [0.25, 0.3) is 6.08 Å². The van der Waals surface area contributed by atoms with Crippen molar-refractivity contribution in [3.63, 3.8) is 0 Å². The second-order valence-electron chi connectivity index (χ2n) is 8.00. The number of nitrogens with one attached hydrogen (secondary N) is 1. The van der Waals surface area contributed by atoms with Crippen molar-refractivity contribution in [2.24, 2.45) is 0 Å². The number of carbonyl (C=O) groups excluding carboxylic acids is 3. The maximum absolute atomic E-state index is 13.9. The van der Waals surface area contributed by atoms with Crippen LogP contribution in [0.4, 0.5) is 14.9 Å². The predicted octanol–water partition coefficient (Wildman–Crippen LogP) is 5.70. The first-order valence-corrected chi connectivity index (χ1v) is 11.7. The summed E-state index contributed by atoms with van der Waals surface area (Å²) < 4.78 is 19.7. The highest BCUT2D eigenvalue weighted by Gasteiger charge is 2.36. The number of ether oxygens (including phenoxy) is 1. The highest BCUT2D eigenvalue weighted by Crippen LogP contribution is 2.34. The standard InChI is InChI=1S/C27H23FN2O4S/c1-17-8-7-9-18(2)25(17)29-24(31)15-30-26(32)23(35-27(30)33)14-19-10-4-6-13-22(19)34-16-20-11-3-5-12-21(20)28/h3-14H,15-16H2,1-2H3,(H,29,31)/b23-14+. The van der Waals surface area contributed by atoms with E-state index in [1.165, 1.54) is 6.07 Å². The van der Waals surface area contributed by atoms with Gasteiger partial charge in [0.25, 0.3) is 11.1 Å². The van der Waals surface area contributed by atoms with Gasteiger partial charge in [-0.1, -0.05) is 54.6 Å². The van der Waals surface area contributed by atoms with E-state index in [9.17, 15) is 18.8 Å². The van der Waals surface area contributed by atoms with Gasteiger partial charge in [0.1, 0.15) is 24.7 Å². The monoisotopic (exact) mass is 490 g/mol. The van der Waals surface area contributed by atoms with Crippen LogP contribution in [-0.2, 0) is 16.2 Å². The molecule has 0 aromatic heterocycles. The van der Waals surface area contributed by atoms with Crippen LogP contribution in [0.1, 0.15) is 22.3 Å². The molecule has 1 heterocycles. The Morgan fingerprint density at radius 3 is 2.43 bits per heavy atom. The second kappa shape index (κ2) is 10.6. The Hall–Kier alpha value is -3.91. The molecular formula is C27H23FN2O4S. The average molecular weight is 491 g/mol. The number of aryl methyl sites for hydroxylation is 2. The van der Waals surface area contributed by atoms with Crippen LogP contribution in [0, 0.1) is 19.7 Å². The van der Waals surface area contributed by atoms with E-state index in [1.807, 2.05) is 32.0 Å². The van der Waals surface area contributed by atoms with Crippen LogP contribution in [0.15, 0.2) is 71.6 Å². The summed E-state index contributed by atoms with van der Waals surface area (Å²) in [4.78, 5) is 39.1. The van der Waals surface area contributed by atoms with Gasteiger partial charge in [-0.15, -0.1) is 0 Å². The molecule has 35 heavy (non-hydrogen) atoms. The summed E-state index contributed by atoms with van der Waals surface area (Å²) in [7, 11) is 0. The van der Waals surface area contributed by atoms with Crippen LogP contribution in [0.5, 0.6) is 5.75 Å². The molecule has 0 saturated carbocycles. The fourth-order valence-corrected chi connectivity index (χ4v) is 4.44. The smallest absolute Gasteiger partial charge is 0.294 e. The molecule has 3 aromatic rings. The molecule has 0 atom stereocenters. The van der Waals surface area contributed by atoms with E-state index >= 15 is 0 Å². The summed E-state index contributed by atoms with van der Waals surface area (Å²) in [5.74, 6) is -0.944. The van der Waals surface area contributed by atoms with Crippen molar-refractivity contribution in [1.82, 2.24) is 4.90 Å². The summed E-state index contributed by atoms with van der Waals surface area (Å²) in [6.07, 6.45) is 1.55. The molecule has 0 bridgehead atoms. The topological polar surface area (TPSA) is 75.7 Å². The molecule has 6 nitrogen and oxygen atoms in total. The summed E-state index contributed by atoms with van der Waals surface area (Å²) >= 11 is 0.760. The van der Waals surface area contributed by atoms with Gasteiger partial charge in [0.05, 0.1) is 4.91 Å². The summed E-state index contributed by atoms with van der Waals surface area (Å²) in [5, 5.41) is 2.27. The highest BCUT2D eigenvalue weighted by molar-refractivity contribution is 8.18. The Labute approximate surface area is 206 Å². The zero-order chi connectivity index (χ0) is 24.9. The Morgan fingerprint density at radius 1 is 1.00 bits per heavy atom. The van der Waals surface area contributed by atoms with Gasteiger partial charge in [0.2, 0.25) is 5.91 Å². The zero-order valence-corrected chi connectivity index (χ0v) is 20.0. The third-order valence-electron chi connectivity index (χ3n) is 5.47. The summed E-state index contributed by atoms with van der Waals surface area (Å²) in [6.45, 7) is 3.37. The molecule has 1 aliphatic rings. The number of amides is 3. The van der Waals surface area contributed by atoms with Crippen molar-refractivity contribution in [3.05, 3.63) is 99.7 Å². The Morgan fingerprint density at radius 2 is 1.69 bits per heavy atom. The minimum Gasteiger partial charge on any atom is -0.488 e. The van der Waals surface area contributed by atoms with Gasteiger partial charge in [-0.2, -0.15) is 0 Å². The van der Waals surface area contributed by atoms with Gasteiger partial charge in [-0.05, 0) is 54.9 Å². The molecule has 4 rings (SSSR count). The Kier molecular flexibility index (Phi) is 7.31. The summed E-state index contributed by atoms with van der Waals surface area (Å²) in [6, 6.07) is 18.9. The molecule has 1 saturated heterocycles. The van der Waals surface area contributed by atoms with Gasteiger partial charge < -0.3 is 10.1 Å². The lowest BCUT2D eigenvalue weighted by Gasteiger charge is -2.15. The SMILES string of the molecule is Cc1cccc(C)c1NC(=O)CN1C(=O)S/C(=C/c2ccccc2OCc2ccccc2F)C1=O. The quantitative estimate of drug-likeness (QED) is 0.430. The number of hydrogen-bond acceptors (Lipinski definition) is 5. The van der Waals surface area contributed by atoms with E-state index < -0.39 is 17.1 Å². The lowest BCUT2D eigenvalue weighted by molar-refractivity contribution is -0.127. The molecule has 3 aromatic carbocycles. The van der Waals surface area contributed by atoms with Gasteiger partial charge >= 0.3 is 0 Å². The normalized spacial score (nSPS) is 14.5. The number of thioether (sulfide) groups is 1. The van der Waals surface area contributed by atoms with Crippen LogP contribution in [0.3, 0.4) is 0 Å². The first-order chi connectivity index (χ1) is 16.8. The molecule has 8 heteroatoms. The van der Waals surface area contributed by atoms with Crippen molar-refractivity contribution in [3.8, 4) is 5.75 Å². The van der Waals surface area contributed by atoms with E-state index in [4.69, 9.17) is 4.74 Å². The molecule has 1 aliphatic heterocycles. The molecule has 0 radical (unpaired) electrons. The number of anilines is 1. The number of hydrogen-bond donors (Lipinski definition) is 1. The third-order valence-corrected chi connectivity index (χ3v) is 6.37. The van der Waals surface area contributed by atoms with Crippen LogP contribution >= 0.6 is 11.8 Å². The van der Waals surface area contributed by atoms with Crippen LogP contribution < -0.4 is 10.1 Å². The lowest BCUT2D eigenvalue weighted by atomic mass is 10.1. The maximum Gasteiger partial charge on any atom is 0.294 e. The Balaban J connectivity index is 1.47. The fourth-order valence-electron chi connectivity index (χ4n) is 3.61. The largest absolute Gasteiger partial charge is 0.488 e. The van der Waals surface area contributed by atoms with Gasteiger partial charge in [-0.25, -0.2) is 4.39 Å². The van der Waals surface area contributed by atoms with E-state index in [1.54, 1.807) is 48.5 Å². The minimum atomic E-state index is -0.555. The number of nitrogens with zero attached hydrogens (tertiary/aromatic N) is 1. The summed E-state index contributed by atoms with van der Waals surface area (Å²) in [5.41, 5.74) is 3.41. The first kappa shape index (κ1) is 24.2. The molecule has 0 spiro atoms. The molecule has 1 N–H and O–H groups in total. The molecule has 0 aliphatic carbocycles. The maximum atomic E-state index is 13.9. The number of carbonyl (C=O) groups is 3.